The van der Waals surface area contributed by atoms with Crippen molar-refractivity contribution in [3.63, 3.8) is 0 Å². The van der Waals surface area contributed by atoms with Crippen molar-refractivity contribution in [2.45, 2.75) is 10.9 Å². The number of ether oxygens (including phenoxy) is 1. The molecule has 0 aromatic heterocycles. The highest BCUT2D eigenvalue weighted by atomic mass is 79.9. The zero-order valence-corrected chi connectivity index (χ0v) is 17.4. The maximum absolute atomic E-state index is 12.8. The van der Waals surface area contributed by atoms with Crippen molar-refractivity contribution in [1.29, 1.82) is 0 Å². The molecule has 1 unspecified atom stereocenters. The first-order valence-corrected chi connectivity index (χ1v) is 10.5. The van der Waals surface area contributed by atoms with Crippen LogP contribution in [0.1, 0.15) is 11.6 Å². The maximum atomic E-state index is 12.8. The summed E-state index contributed by atoms with van der Waals surface area (Å²) in [5.41, 5.74) is 0.953. The standard InChI is InChI=1S/C18H21BrN2O3S.ClH/c19-16-6-8-17(9-7-16)25(22,23)20-18(15-4-2-1-3-5-15)14-21-10-12-24-13-11-21;/h1-9,18,20H,10-14H2;1H. The first-order valence-electron chi connectivity index (χ1n) is 8.17. The average molecular weight is 462 g/mol. The van der Waals surface area contributed by atoms with Crippen LogP contribution in [0, 0.1) is 0 Å². The quantitative estimate of drug-likeness (QED) is 0.717. The molecule has 1 aliphatic heterocycles. The van der Waals surface area contributed by atoms with Gasteiger partial charge in [0.15, 0.2) is 0 Å². The van der Waals surface area contributed by atoms with Crippen molar-refractivity contribution in [2.24, 2.45) is 0 Å². The largest absolute Gasteiger partial charge is 0.379 e. The molecule has 2 aromatic carbocycles. The Balaban J connectivity index is 0.00000243. The van der Waals surface area contributed by atoms with E-state index < -0.39 is 10.0 Å². The second kappa shape index (κ2) is 9.82. The van der Waals surface area contributed by atoms with Crippen LogP contribution in [0.5, 0.6) is 0 Å². The number of rotatable bonds is 6. The van der Waals surface area contributed by atoms with E-state index in [1.165, 1.54) is 0 Å². The van der Waals surface area contributed by atoms with E-state index in [9.17, 15) is 8.42 Å². The summed E-state index contributed by atoms with van der Waals surface area (Å²) in [7, 11) is -3.60. The van der Waals surface area contributed by atoms with Gasteiger partial charge in [-0.1, -0.05) is 46.3 Å². The number of nitrogens with zero attached hydrogens (tertiary/aromatic N) is 1. The Bertz CT molecular complexity index is 782. The second-order valence-corrected chi connectivity index (χ2v) is 8.58. The molecule has 1 N–H and O–H groups in total. The van der Waals surface area contributed by atoms with Crippen LogP contribution in [0.2, 0.25) is 0 Å². The van der Waals surface area contributed by atoms with E-state index in [2.05, 4.69) is 25.6 Å². The highest BCUT2D eigenvalue weighted by molar-refractivity contribution is 9.10. The molecule has 0 saturated carbocycles. The fourth-order valence-electron chi connectivity index (χ4n) is 2.81. The van der Waals surface area contributed by atoms with Gasteiger partial charge in [0.1, 0.15) is 0 Å². The molecule has 1 saturated heterocycles. The number of hydrogen-bond acceptors (Lipinski definition) is 4. The molecule has 8 heteroatoms. The monoisotopic (exact) mass is 460 g/mol. The van der Waals surface area contributed by atoms with Gasteiger partial charge in [-0.3, -0.25) is 4.90 Å². The van der Waals surface area contributed by atoms with Gasteiger partial charge < -0.3 is 4.74 Å². The molecule has 0 spiro atoms. The maximum Gasteiger partial charge on any atom is 0.241 e. The van der Waals surface area contributed by atoms with Gasteiger partial charge in [0.25, 0.3) is 0 Å². The van der Waals surface area contributed by atoms with E-state index in [4.69, 9.17) is 4.74 Å². The summed E-state index contributed by atoms with van der Waals surface area (Å²) in [5, 5.41) is 0. The lowest BCUT2D eigenvalue weighted by Crippen LogP contribution is -2.43. The molecule has 5 nitrogen and oxygen atoms in total. The number of morpholine rings is 1. The SMILES string of the molecule is Cl.O=S(=O)(NC(CN1CCOCC1)c1ccccc1)c1ccc(Br)cc1. The van der Waals surface area contributed by atoms with Crippen molar-refractivity contribution in [3.8, 4) is 0 Å². The molecular weight excluding hydrogens is 440 g/mol. The average Bonchev–Trinajstić information content (AvgIpc) is 2.63. The molecule has 1 atom stereocenters. The van der Waals surface area contributed by atoms with Crippen LogP contribution in [0.4, 0.5) is 0 Å². The third-order valence-corrected chi connectivity index (χ3v) is 6.18. The Morgan fingerprint density at radius 3 is 2.27 bits per heavy atom. The van der Waals surface area contributed by atoms with Crippen molar-refractivity contribution in [2.75, 3.05) is 32.8 Å². The summed E-state index contributed by atoms with van der Waals surface area (Å²) < 4.78 is 34.7. The molecule has 142 valence electrons. The summed E-state index contributed by atoms with van der Waals surface area (Å²) in [4.78, 5) is 2.49. The summed E-state index contributed by atoms with van der Waals surface area (Å²) in [6.07, 6.45) is 0. The summed E-state index contributed by atoms with van der Waals surface area (Å²) in [6.45, 7) is 3.60. The van der Waals surface area contributed by atoms with E-state index >= 15 is 0 Å². The number of benzene rings is 2. The normalized spacial score (nSPS) is 16.7. The first kappa shape index (κ1) is 21.3. The Morgan fingerprint density at radius 1 is 1.04 bits per heavy atom. The Kier molecular flexibility index (Phi) is 8.06. The lowest BCUT2D eigenvalue weighted by Gasteiger charge is -2.31. The van der Waals surface area contributed by atoms with Crippen molar-refractivity contribution < 1.29 is 13.2 Å². The molecule has 2 aromatic rings. The minimum atomic E-state index is -3.60. The van der Waals surface area contributed by atoms with Gasteiger partial charge in [-0.05, 0) is 29.8 Å². The number of nitrogens with one attached hydrogen (secondary N) is 1. The predicted octanol–water partition coefficient (Wildman–Crippen LogP) is 3.22. The van der Waals surface area contributed by atoms with Crippen LogP contribution in [-0.4, -0.2) is 46.2 Å². The van der Waals surface area contributed by atoms with E-state index in [1.54, 1.807) is 24.3 Å². The molecule has 1 heterocycles. The number of hydrogen-bond donors (Lipinski definition) is 1. The Hall–Kier alpha value is -0.960. The van der Waals surface area contributed by atoms with Crippen LogP contribution >= 0.6 is 28.3 Å². The molecule has 3 rings (SSSR count). The van der Waals surface area contributed by atoms with Crippen LogP contribution in [0.25, 0.3) is 0 Å². The lowest BCUT2D eigenvalue weighted by molar-refractivity contribution is 0.0345. The minimum Gasteiger partial charge on any atom is -0.379 e. The van der Waals surface area contributed by atoms with Crippen LogP contribution in [0.3, 0.4) is 0 Å². The fraction of sp³-hybridized carbons (Fsp3) is 0.333. The first-order chi connectivity index (χ1) is 12.0. The van der Waals surface area contributed by atoms with Crippen molar-refractivity contribution in [1.82, 2.24) is 9.62 Å². The topological polar surface area (TPSA) is 58.6 Å². The molecule has 0 radical (unpaired) electrons. The molecule has 1 fully saturated rings. The van der Waals surface area contributed by atoms with Gasteiger partial charge in [0.2, 0.25) is 10.0 Å². The highest BCUT2D eigenvalue weighted by Gasteiger charge is 2.24. The molecule has 0 aliphatic carbocycles. The zero-order chi connectivity index (χ0) is 17.7. The van der Waals surface area contributed by atoms with Crippen LogP contribution in [0.15, 0.2) is 64.0 Å². The number of sulfonamides is 1. The molecule has 0 bridgehead atoms. The smallest absolute Gasteiger partial charge is 0.241 e. The van der Waals surface area contributed by atoms with Crippen molar-refractivity contribution >= 4 is 38.4 Å². The van der Waals surface area contributed by atoms with Crippen LogP contribution in [-0.2, 0) is 14.8 Å². The zero-order valence-electron chi connectivity index (χ0n) is 14.2. The summed E-state index contributed by atoms with van der Waals surface area (Å²) >= 11 is 3.33. The van der Waals surface area contributed by atoms with E-state index in [1.807, 2.05) is 30.3 Å². The lowest BCUT2D eigenvalue weighted by atomic mass is 10.1. The van der Waals surface area contributed by atoms with E-state index in [0.29, 0.717) is 19.8 Å². The van der Waals surface area contributed by atoms with Gasteiger partial charge >= 0.3 is 0 Å². The van der Waals surface area contributed by atoms with E-state index in [0.717, 1.165) is 23.1 Å². The Morgan fingerprint density at radius 2 is 1.65 bits per heavy atom. The van der Waals surface area contributed by atoms with Gasteiger partial charge in [0, 0.05) is 24.1 Å². The summed E-state index contributed by atoms with van der Waals surface area (Å²) in [6, 6.07) is 16.0. The fourth-order valence-corrected chi connectivity index (χ4v) is 4.29. The molecule has 1 aliphatic rings. The summed E-state index contributed by atoms with van der Waals surface area (Å²) in [5.74, 6) is 0. The Labute approximate surface area is 169 Å². The second-order valence-electron chi connectivity index (χ2n) is 5.95. The minimum absolute atomic E-state index is 0. The number of halogens is 2. The van der Waals surface area contributed by atoms with Crippen molar-refractivity contribution in [3.05, 3.63) is 64.6 Å². The molecular formula is C18H22BrClN2O3S. The molecule has 26 heavy (non-hydrogen) atoms. The highest BCUT2D eigenvalue weighted by Crippen LogP contribution is 2.20. The van der Waals surface area contributed by atoms with Gasteiger partial charge in [-0.2, -0.15) is 0 Å². The van der Waals surface area contributed by atoms with Gasteiger partial charge in [-0.15, -0.1) is 12.4 Å². The third kappa shape index (κ3) is 5.77. The van der Waals surface area contributed by atoms with E-state index in [-0.39, 0.29) is 23.3 Å². The molecule has 0 amide bonds. The van der Waals surface area contributed by atoms with Gasteiger partial charge in [-0.25, -0.2) is 13.1 Å². The van der Waals surface area contributed by atoms with Crippen LogP contribution < -0.4 is 4.72 Å². The third-order valence-electron chi connectivity index (χ3n) is 4.17. The predicted molar refractivity (Wildman–Crippen MR) is 108 cm³/mol. The van der Waals surface area contributed by atoms with Gasteiger partial charge in [0.05, 0.1) is 24.2 Å².